The molecule has 0 fully saturated rings. The summed E-state index contributed by atoms with van der Waals surface area (Å²) in [5, 5.41) is 0. The molecule has 0 spiro atoms. The van der Waals surface area contributed by atoms with Gasteiger partial charge in [0, 0.05) is 18.9 Å². The molecule has 0 bridgehead atoms. The Morgan fingerprint density at radius 3 is 2.12 bits per heavy atom. The Balaban J connectivity index is 3.39. The van der Waals surface area contributed by atoms with Gasteiger partial charge in [-0.25, -0.2) is 0 Å². The van der Waals surface area contributed by atoms with Gasteiger partial charge in [0.1, 0.15) is 11.5 Å². The van der Waals surface area contributed by atoms with Crippen molar-refractivity contribution in [3.63, 3.8) is 0 Å². The number of esters is 2. The largest absolute Gasteiger partial charge is 0.497 e. The van der Waals surface area contributed by atoms with E-state index in [0.29, 0.717) is 17.1 Å². The van der Waals surface area contributed by atoms with Crippen molar-refractivity contribution in [2.75, 3.05) is 27.4 Å². The second-order valence-electron chi connectivity index (χ2n) is 5.26. The molecule has 1 rings (SSSR count). The molecular formula is C19H24O6. The molecule has 25 heavy (non-hydrogen) atoms. The van der Waals surface area contributed by atoms with Gasteiger partial charge in [-0.2, -0.15) is 0 Å². The lowest BCUT2D eigenvalue weighted by atomic mass is 9.78. The van der Waals surface area contributed by atoms with E-state index in [0.717, 1.165) is 0 Å². The van der Waals surface area contributed by atoms with Crippen molar-refractivity contribution in [2.45, 2.75) is 26.7 Å². The molecule has 1 aromatic carbocycles. The third-order valence-corrected chi connectivity index (χ3v) is 3.72. The predicted octanol–water partition coefficient (Wildman–Crippen LogP) is 2.38. The molecule has 0 amide bonds. The first-order valence-corrected chi connectivity index (χ1v) is 7.97. The maximum atomic E-state index is 12.6. The third-order valence-electron chi connectivity index (χ3n) is 3.72. The van der Waals surface area contributed by atoms with Gasteiger partial charge >= 0.3 is 11.9 Å². The van der Waals surface area contributed by atoms with E-state index in [1.807, 2.05) is 0 Å². The molecule has 136 valence electrons. The third kappa shape index (κ3) is 4.66. The van der Waals surface area contributed by atoms with Gasteiger partial charge in [-0.15, -0.1) is 12.3 Å². The zero-order valence-corrected chi connectivity index (χ0v) is 15.1. The van der Waals surface area contributed by atoms with E-state index in [2.05, 4.69) is 5.92 Å². The minimum atomic E-state index is -1.62. The van der Waals surface area contributed by atoms with Gasteiger partial charge < -0.3 is 18.9 Å². The Morgan fingerprint density at radius 2 is 1.68 bits per heavy atom. The van der Waals surface area contributed by atoms with Gasteiger partial charge in [0.15, 0.2) is 5.41 Å². The van der Waals surface area contributed by atoms with Gasteiger partial charge in [0.2, 0.25) is 0 Å². The molecule has 0 aliphatic heterocycles. The second-order valence-corrected chi connectivity index (χ2v) is 5.26. The number of hydrogen-bond acceptors (Lipinski definition) is 6. The molecule has 0 unspecified atom stereocenters. The Hall–Kier alpha value is -2.68. The van der Waals surface area contributed by atoms with Crippen molar-refractivity contribution in [1.82, 2.24) is 0 Å². The van der Waals surface area contributed by atoms with Crippen LogP contribution >= 0.6 is 0 Å². The first-order valence-electron chi connectivity index (χ1n) is 7.97. The predicted molar refractivity (Wildman–Crippen MR) is 92.4 cm³/mol. The lowest BCUT2D eigenvalue weighted by Crippen LogP contribution is -2.44. The Labute approximate surface area is 148 Å². The van der Waals surface area contributed by atoms with E-state index in [1.54, 1.807) is 32.0 Å². The molecule has 0 radical (unpaired) electrons. The van der Waals surface area contributed by atoms with Crippen molar-refractivity contribution in [3.8, 4) is 23.8 Å². The fraction of sp³-hybridized carbons (Fsp3) is 0.474. The number of benzene rings is 1. The van der Waals surface area contributed by atoms with Crippen LogP contribution in [0.1, 0.15) is 25.8 Å². The van der Waals surface area contributed by atoms with Crippen LogP contribution in [-0.4, -0.2) is 39.4 Å². The van der Waals surface area contributed by atoms with Crippen molar-refractivity contribution in [3.05, 3.63) is 23.8 Å². The fourth-order valence-electron chi connectivity index (χ4n) is 2.47. The molecular weight excluding hydrogens is 324 g/mol. The van der Waals surface area contributed by atoms with Crippen LogP contribution in [0.3, 0.4) is 0 Å². The van der Waals surface area contributed by atoms with Gasteiger partial charge in [0.25, 0.3) is 0 Å². The van der Waals surface area contributed by atoms with Gasteiger partial charge in [-0.1, -0.05) is 6.07 Å². The standard InChI is InChI=1S/C19H24O6/c1-6-11-19(17(20)24-7-2,18(21)25-8-3)13-14-9-10-15(22-4)12-16(14)23-5/h1,9-10,12H,7-8,11,13H2,2-5H3. The molecule has 0 N–H and O–H groups in total. The number of rotatable bonds is 9. The van der Waals surface area contributed by atoms with Crippen LogP contribution in [0.4, 0.5) is 0 Å². The Kier molecular flexibility index (Phi) is 7.80. The van der Waals surface area contributed by atoms with Crippen LogP contribution < -0.4 is 9.47 Å². The summed E-state index contributed by atoms with van der Waals surface area (Å²) >= 11 is 0. The summed E-state index contributed by atoms with van der Waals surface area (Å²) in [5.74, 6) is 2.07. The molecule has 6 nitrogen and oxygen atoms in total. The first-order chi connectivity index (χ1) is 12.0. The highest BCUT2D eigenvalue weighted by atomic mass is 16.6. The molecule has 0 atom stereocenters. The number of hydrogen-bond donors (Lipinski definition) is 0. The van der Waals surface area contributed by atoms with Crippen LogP contribution in [0.5, 0.6) is 11.5 Å². The average Bonchev–Trinajstić information content (AvgIpc) is 2.61. The van der Waals surface area contributed by atoms with Gasteiger partial charge in [-0.05, 0) is 25.5 Å². The number of carbonyl (C=O) groups is 2. The highest BCUT2D eigenvalue weighted by Gasteiger charge is 2.49. The van der Waals surface area contributed by atoms with Crippen molar-refractivity contribution in [2.24, 2.45) is 5.41 Å². The highest BCUT2D eigenvalue weighted by molar-refractivity contribution is 6.00. The van der Waals surface area contributed by atoms with E-state index in [9.17, 15) is 9.59 Å². The molecule has 0 heterocycles. The zero-order chi connectivity index (χ0) is 18.9. The molecule has 1 aromatic rings. The Morgan fingerprint density at radius 1 is 1.08 bits per heavy atom. The summed E-state index contributed by atoms with van der Waals surface area (Å²) < 4.78 is 20.8. The van der Waals surface area contributed by atoms with Crippen LogP contribution in [0, 0.1) is 17.8 Å². The first kappa shape index (κ1) is 20.4. The maximum Gasteiger partial charge on any atom is 0.324 e. The second kappa shape index (κ2) is 9.58. The van der Waals surface area contributed by atoms with Crippen LogP contribution in [0.15, 0.2) is 18.2 Å². The summed E-state index contributed by atoms with van der Waals surface area (Å²) in [6.45, 7) is 3.59. The summed E-state index contributed by atoms with van der Waals surface area (Å²) in [4.78, 5) is 25.2. The summed E-state index contributed by atoms with van der Waals surface area (Å²) in [6.07, 6.45) is 5.30. The quantitative estimate of drug-likeness (QED) is 0.388. The van der Waals surface area contributed by atoms with Crippen LogP contribution in [0.25, 0.3) is 0 Å². The van der Waals surface area contributed by atoms with E-state index in [-0.39, 0.29) is 26.1 Å². The summed E-state index contributed by atoms with van der Waals surface area (Å²) in [6, 6.07) is 5.11. The Bertz CT molecular complexity index is 626. The molecule has 0 aliphatic carbocycles. The minimum Gasteiger partial charge on any atom is -0.497 e. The lowest BCUT2D eigenvalue weighted by molar-refractivity contribution is -0.171. The molecule has 0 aliphatic rings. The van der Waals surface area contributed by atoms with Gasteiger partial charge in [-0.3, -0.25) is 9.59 Å². The number of carbonyl (C=O) groups excluding carboxylic acids is 2. The maximum absolute atomic E-state index is 12.6. The summed E-state index contributed by atoms with van der Waals surface area (Å²) in [7, 11) is 3.03. The van der Waals surface area contributed by atoms with Crippen LogP contribution in [-0.2, 0) is 25.5 Å². The number of ether oxygens (including phenoxy) is 4. The minimum absolute atomic E-state index is 0.00202. The van der Waals surface area contributed by atoms with E-state index in [4.69, 9.17) is 25.4 Å². The van der Waals surface area contributed by atoms with Crippen LogP contribution in [0.2, 0.25) is 0 Å². The van der Waals surface area contributed by atoms with E-state index < -0.39 is 17.4 Å². The topological polar surface area (TPSA) is 71.1 Å². The monoisotopic (exact) mass is 348 g/mol. The van der Waals surface area contributed by atoms with Crippen molar-refractivity contribution < 1.29 is 28.5 Å². The van der Waals surface area contributed by atoms with E-state index in [1.165, 1.54) is 14.2 Å². The molecule has 6 heteroatoms. The van der Waals surface area contributed by atoms with E-state index >= 15 is 0 Å². The molecule has 0 saturated carbocycles. The smallest absolute Gasteiger partial charge is 0.324 e. The SMILES string of the molecule is C#CCC(Cc1ccc(OC)cc1OC)(C(=O)OCC)C(=O)OCC. The van der Waals surface area contributed by atoms with Crippen molar-refractivity contribution >= 4 is 11.9 Å². The molecule has 0 aromatic heterocycles. The summed E-state index contributed by atoms with van der Waals surface area (Å²) in [5.41, 5.74) is -0.998. The average molecular weight is 348 g/mol. The lowest BCUT2D eigenvalue weighted by Gasteiger charge is -2.28. The highest BCUT2D eigenvalue weighted by Crippen LogP contribution is 2.35. The normalized spacial score (nSPS) is 10.5. The number of methoxy groups -OCH3 is 2. The van der Waals surface area contributed by atoms with Gasteiger partial charge in [0.05, 0.1) is 27.4 Å². The number of terminal acetylenes is 1. The van der Waals surface area contributed by atoms with Crippen molar-refractivity contribution in [1.29, 1.82) is 0 Å². The molecule has 0 saturated heterocycles. The fourth-order valence-corrected chi connectivity index (χ4v) is 2.47. The zero-order valence-electron chi connectivity index (χ0n) is 15.1.